The van der Waals surface area contributed by atoms with Gasteiger partial charge in [0.05, 0.1) is 12.7 Å². The zero-order valence-corrected chi connectivity index (χ0v) is 9.56. The molecule has 0 amide bonds. The van der Waals surface area contributed by atoms with Crippen molar-refractivity contribution < 1.29 is 4.74 Å². The molecule has 16 heavy (non-hydrogen) atoms. The van der Waals surface area contributed by atoms with Crippen molar-refractivity contribution in [2.75, 3.05) is 18.5 Å². The third-order valence-corrected chi connectivity index (χ3v) is 2.86. The molecule has 0 spiro atoms. The minimum atomic E-state index is 0.479. The second kappa shape index (κ2) is 6.43. The molecule has 1 heterocycles. The molecule has 4 nitrogen and oxygen atoms in total. The van der Waals surface area contributed by atoms with E-state index < -0.39 is 0 Å². The maximum Gasteiger partial charge on any atom is 0.222 e. The van der Waals surface area contributed by atoms with Gasteiger partial charge >= 0.3 is 0 Å². The van der Waals surface area contributed by atoms with E-state index >= 15 is 0 Å². The monoisotopic (exact) mass is 221 g/mol. The van der Waals surface area contributed by atoms with Gasteiger partial charge in [-0.15, -0.1) is 0 Å². The molecule has 1 N–H and O–H groups in total. The summed E-state index contributed by atoms with van der Waals surface area (Å²) in [5, 5.41) is 3.14. The Labute approximate surface area is 96.4 Å². The molecule has 88 valence electrons. The lowest BCUT2D eigenvalue weighted by Gasteiger charge is -2.21. The second-order valence-electron chi connectivity index (χ2n) is 4.13. The highest BCUT2D eigenvalue weighted by atomic mass is 16.5. The highest BCUT2D eigenvalue weighted by Crippen LogP contribution is 2.19. The minimum absolute atomic E-state index is 0.479. The van der Waals surface area contributed by atoms with Gasteiger partial charge in [-0.25, -0.2) is 9.97 Å². The third kappa shape index (κ3) is 3.77. The van der Waals surface area contributed by atoms with Gasteiger partial charge in [0, 0.05) is 18.9 Å². The molecule has 0 radical (unpaired) electrons. The van der Waals surface area contributed by atoms with Crippen LogP contribution in [0.3, 0.4) is 0 Å². The summed E-state index contributed by atoms with van der Waals surface area (Å²) in [4.78, 5) is 8.17. The van der Waals surface area contributed by atoms with E-state index in [4.69, 9.17) is 4.74 Å². The van der Waals surface area contributed by atoms with Gasteiger partial charge in [-0.05, 0) is 18.9 Å². The van der Waals surface area contributed by atoms with Crippen LogP contribution in [-0.2, 0) is 4.74 Å². The number of hydrogen-bond acceptors (Lipinski definition) is 4. The van der Waals surface area contributed by atoms with E-state index in [9.17, 15) is 0 Å². The zero-order chi connectivity index (χ0) is 11.1. The molecule has 1 saturated carbocycles. The highest BCUT2D eigenvalue weighted by molar-refractivity contribution is 5.21. The Bertz CT molecular complexity index is 286. The number of ether oxygens (including phenoxy) is 1. The summed E-state index contributed by atoms with van der Waals surface area (Å²) in [5.74, 6) is 0.676. The van der Waals surface area contributed by atoms with Crippen molar-refractivity contribution in [1.29, 1.82) is 0 Å². The molecule has 0 atom stereocenters. The SMILES string of the molecule is c1cnc(NCCOC2CCCCC2)nc1. The predicted octanol–water partition coefficient (Wildman–Crippen LogP) is 2.24. The van der Waals surface area contributed by atoms with Crippen molar-refractivity contribution in [2.24, 2.45) is 0 Å². The van der Waals surface area contributed by atoms with Gasteiger partial charge < -0.3 is 10.1 Å². The van der Waals surface area contributed by atoms with Crippen molar-refractivity contribution in [2.45, 2.75) is 38.2 Å². The van der Waals surface area contributed by atoms with E-state index in [1.165, 1.54) is 32.1 Å². The van der Waals surface area contributed by atoms with Crippen LogP contribution >= 0.6 is 0 Å². The number of nitrogens with one attached hydrogen (secondary N) is 1. The Morgan fingerprint density at radius 2 is 1.94 bits per heavy atom. The molecule has 0 aromatic carbocycles. The predicted molar refractivity (Wildman–Crippen MR) is 63.3 cm³/mol. The molecule has 0 saturated heterocycles. The number of rotatable bonds is 5. The Balaban J connectivity index is 1.58. The van der Waals surface area contributed by atoms with Gasteiger partial charge in [-0.2, -0.15) is 0 Å². The standard InChI is InChI=1S/C12H19N3O/c1-2-5-11(6-3-1)16-10-9-15-12-13-7-4-8-14-12/h4,7-8,11H,1-3,5-6,9-10H2,(H,13,14,15). The molecule has 1 aliphatic carbocycles. The van der Waals surface area contributed by atoms with Crippen molar-refractivity contribution in [1.82, 2.24) is 9.97 Å². The van der Waals surface area contributed by atoms with E-state index in [0.717, 1.165) is 13.2 Å². The molecule has 1 fully saturated rings. The van der Waals surface area contributed by atoms with Gasteiger partial charge in [0.1, 0.15) is 0 Å². The van der Waals surface area contributed by atoms with E-state index in [0.29, 0.717) is 12.1 Å². The Morgan fingerprint density at radius 1 is 1.19 bits per heavy atom. The smallest absolute Gasteiger partial charge is 0.222 e. The fourth-order valence-electron chi connectivity index (χ4n) is 2.01. The van der Waals surface area contributed by atoms with Gasteiger partial charge in [0.25, 0.3) is 0 Å². The van der Waals surface area contributed by atoms with E-state index in [1.807, 2.05) is 6.07 Å². The quantitative estimate of drug-likeness (QED) is 0.775. The molecule has 1 aliphatic rings. The van der Waals surface area contributed by atoms with Gasteiger partial charge in [-0.3, -0.25) is 0 Å². The fraction of sp³-hybridized carbons (Fsp3) is 0.667. The van der Waals surface area contributed by atoms with E-state index in [1.54, 1.807) is 12.4 Å². The van der Waals surface area contributed by atoms with Gasteiger partial charge in [0.15, 0.2) is 0 Å². The van der Waals surface area contributed by atoms with Crippen LogP contribution in [0.15, 0.2) is 18.5 Å². The molecule has 0 aliphatic heterocycles. The van der Waals surface area contributed by atoms with Crippen LogP contribution < -0.4 is 5.32 Å². The largest absolute Gasteiger partial charge is 0.376 e. The van der Waals surface area contributed by atoms with E-state index in [2.05, 4.69) is 15.3 Å². The van der Waals surface area contributed by atoms with Gasteiger partial charge in [-0.1, -0.05) is 19.3 Å². The highest BCUT2D eigenvalue weighted by Gasteiger charge is 2.12. The first-order chi connectivity index (χ1) is 7.95. The van der Waals surface area contributed by atoms with Crippen LogP contribution in [0.5, 0.6) is 0 Å². The zero-order valence-electron chi connectivity index (χ0n) is 9.56. The third-order valence-electron chi connectivity index (χ3n) is 2.86. The van der Waals surface area contributed by atoms with Crippen LogP contribution in [-0.4, -0.2) is 29.2 Å². The van der Waals surface area contributed by atoms with Crippen molar-refractivity contribution in [3.05, 3.63) is 18.5 Å². The molecule has 0 unspecified atom stereocenters. The first-order valence-corrected chi connectivity index (χ1v) is 6.07. The molecule has 0 bridgehead atoms. The lowest BCUT2D eigenvalue weighted by atomic mass is 9.98. The molecule has 1 aromatic heterocycles. The first-order valence-electron chi connectivity index (χ1n) is 6.07. The summed E-state index contributed by atoms with van der Waals surface area (Å²) in [5.41, 5.74) is 0. The van der Waals surface area contributed by atoms with Crippen LogP contribution in [0.2, 0.25) is 0 Å². The second-order valence-corrected chi connectivity index (χ2v) is 4.13. The summed E-state index contributed by atoms with van der Waals surface area (Å²) in [7, 11) is 0. The molecular weight excluding hydrogens is 202 g/mol. The number of anilines is 1. The van der Waals surface area contributed by atoms with Gasteiger partial charge in [0.2, 0.25) is 5.95 Å². The van der Waals surface area contributed by atoms with Crippen molar-refractivity contribution in [3.8, 4) is 0 Å². The number of nitrogens with zero attached hydrogens (tertiary/aromatic N) is 2. The average Bonchev–Trinajstić information content (AvgIpc) is 2.37. The normalized spacial score (nSPS) is 17.2. The molecule has 1 aromatic rings. The van der Waals surface area contributed by atoms with Crippen LogP contribution in [0.1, 0.15) is 32.1 Å². The summed E-state index contributed by atoms with van der Waals surface area (Å²) in [6.07, 6.45) is 10.4. The summed E-state index contributed by atoms with van der Waals surface area (Å²) in [6.45, 7) is 1.52. The van der Waals surface area contributed by atoms with Crippen molar-refractivity contribution >= 4 is 5.95 Å². The topological polar surface area (TPSA) is 47.0 Å². The Kier molecular flexibility index (Phi) is 4.55. The lowest BCUT2D eigenvalue weighted by molar-refractivity contribution is 0.0347. The summed E-state index contributed by atoms with van der Waals surface area (Å²) in [6, 6.07) is 1.81. The number of aromatic nitrogens is 2. The number of hydrogen-bond donors (Lipinski definition) is 1. The van der Waals surface area contributed by atoms with E-state index in [-0.39, 0.29) is 0 Å². The molecule has 4 heteroatoms. The lowest BCUT2D eigenvalue weighted by Crippen LogP contribution is -2.20. The van der Waals surface area contributed by atoms with Crippen LogP contribution in [0.4, 0.5) is 5.95 Å². The Morgan fingerprint density at radius 3 is 2.69 bits per heavy atom. The fourth-order valence-corrected chi connectivity index (χ4v) is 2.01. The average molecular weight is 221 g/mol. The van der Waals surface area contributed by atoms with Crippen LogP contribution in [0, 0.1) is 0 Å². The molecular formula is C12H19N3O. The molecule has 2 rings (SSSR count). The maximum atomic E-state index is 5.79. The summed E-state index contributed by atoms with van der Waals surface area (Å²) < 4.78 is 5.79. The van der Waals surface area contributed by atoms with Crippen molar-refractivity contribution in [3.63, 3.8) is 0 Å². The minimum Gasteiger partial charge on any atom is -0.376 e. The Hall–Kier alpha value is -1.16. The van der Waals surface area contributed by atoms with Crippen LogP contribution in [0.25, 0.3) is 0 Å². The maximum absolute atomic E-state index is 5.79. The summed E-state index contributed by atoms with van der Waals surface area (Å²) >= 11 is 0. The first kappa shape index (κ1) is 11.3.